The number of likely N-dealkylation sites (N-methyl/N-ethyl adjacent to an activating group) is 1. The van der Waals surface area contributed by atoms with E-state index in [0.717, 1.165) is 13.0 Å². The van der Waals surface area contributed by atoms with Crippen LogP contribution in [0.25, 0.3) is 0 Å². The maximum Gasteiger partial charge on any atom is 0.194 e. The van der Waals surface area contributed by atoms with E-state index in [0.29, 0.717) is 18.9 Å². The van der Waals surface area contributed by atoms with Crippen molar-refractivity contribution in [2.45, 2.75) is 12.0 Å². The van der Waals surface area contributed by atoms with Gasteiger partial charge in [0.25, 0.3) is 0 Å². The average molecular weight is 377 g/mol. The summed E-state index contributed by atoms with van der Waals surface area (Å²) >= 11 is 0. The number of nitrogens with two attached hydrogens (primary N) is 1. The maximum atomic E-state index is 10.2. The molecule has 0 saturated carbocycles. The molecule has 1 saturated heterocycles. The lowest BCUT2D eigenvalue weighted by atomic mass is 10.0. The molecule has 0 aromatic carbocycles. The Hall–Kier alpha value is -0.930. The summed E-state index contributed by atoms with van der Waals surface area (Å²) in [6, 6.07) is 5.50. The molecule has 1 fully saturated rings. The number of nitrogens with zero attached hydrogens (tertiary/aromatic N) is 3. The fourth-order valence-corrected chi connectivity index (χ4v) is 2.03. The number of pyridine rings is 1. The van der Waals surface area contributed by atoms with Crippen molar-refractivity contribution in [2.75, 3.05) is 32.0 Å². The number of hydrogen-bond donors (Lipinski definition) is 3. The number of hydrogen-bond acceptors (Lipinski definition) is 4. The molecule has 0 bridgehead atoms. The third-order valence-electron chi connectivity index (χ3n) is 2.99. The van der Waals surface area contributed by atoms with E-state index in [1.54, 1.807) is 12.3 Å². The molecule has 1 unspecified atom stereocenters. The van der Waals surface area contributed by atoms with Crippen LogP contribution >= 0.6 is 24.0 Å². The monoisotopic (exact) mass is 377 g/mol. The molecule has 4 N–H and O–H groups in total. The first-order chi connectivity index (χ1) is 8.57. The van der Waals surface area contributed by atoms with Gasteiger partial charge in [0.15, 0.2) is 5.96 Å². The predicted molar refractivity (Wildman–Crippen MR) is 86.8 cm³/mol. The molecule has 7 heteroatoms. The smallest absolute Gasteiger partial charge is 0.194 e. The number of nitrogens with one attached hydrogen (secondary N) is 1. The molecular formula is C12H20IN5O. The summed E-state index contributed by atoms with van der Waals surface area (Å²) in [4.78, 5) is 10.3. The van der Waals surface area contributed by atoms with Crippen LogP contribution in [0.15, 0.2) is 29.4 Å². The highest BCUT2D eigenvalue weighted by Crippen LogP contribution is 2.19. The SMILES string of the molecule is CN1CCC(O)(CN=C(N)Nc2ccccn2)C1.I. The van der Waals surface area contributed by atoms with E-state index >= 15 is 0 Å². The van der Waals surface area contributed by atoms with Crippen LogP contribution in [0, 0.1) is 0 Å². The number of aromatic nitrogens is 1. The number of guanidine groups is 1. The van der Waals surface area contributed by atoms with E-state index < -0.39 is 5.60 Å². The lowest BCUT2D eigenvalue weighted by Gasteiger charge is -2.20. The number of aliphatic imine (C=N–C) groups is 1. The van der Waals surface area contributed by atoms with Gasteiger partial charge in [0.2, 0.25) is 0 Å². The van der Waals surface area contributed by atoms with Gasteiger partial charge in [-0.05, 0) is 25.6 Å². The summed E-state index contributed by atoms with van der Waals surface area (Å²) in [5.41, 5.74) is 4.99. The van der Waals surface area contributed by atoms with Gasteiger partial charge in [-0.1, -0.05) is 6.07 Å². The third kappa shape index (κ3) is 4.92. The summed E-state index contributed by atoms with van der Waals surface area (Å²) in [5.74, 6) is 0.922. The Kier molecular flexibility index (Phi) is 5.95. The molecule has 0 radical (unpaired) electrons. The molecule has 1 aromatic heterocycles. The molecule has 2 heterocycles. The Morgan fingerprint density at radius 1 is 1.63 bits per heavy atom. The van der Waals surface area contributed by atoms with Gasteiger partial charge in [-0.2, -0.15) is 0 Å². The van der Waals surface area contributed by atoms with E-state index in [-0.39, 0.29) is 29.9 Å². The number of halogens is 1. The van der Waals surface area contributed by atoms with Crippen LogP contribution in [0.1, 0.15) is 6.42 Å². The highest BCUT2D eigenvalue weighted by molar-refractivity contribution is 14.0. The number of anilines is 1. The minimum absolute atomic E-state index is 0. The molecular weight excluding hydrogens is 357 g/mol. The zero-order chi connectivity index (χ0) is 13.0. The van der Waals surface area contributed by atoms with Crippen LogP contribution in [0.3, 0.4) is 0 Å². The average Bonchev–Trinajstić information content (AvgIpc) is 2.69. The number of likely N-dealkylation sites (tertiary alicyclic amines) is 1. The first kappa shape index (κ1) is 16.1. The van der Waals surface area contributed by atoms with Gasteiger partial charge in [0, 0.05) is 19.3 Å². The maximum absolute atomic E-state index is 10.2. The fraction of sp³-hybridized carbons (Fsp3) is 0.500. The standard InChI is InChI=1S/C12H19N5O.HI/c1-17-7-5-12(18,9-17)8-15-11(13)16-10-4-2-3-6-14-10;/h2-4,6,18H,5,7-9H2,1H3,(H3,13,14,15,16);1H. The van der Waals surface area contributed by atoms with Gasteiger partial charge in [0.1, 0.15) is 5.82 Å². The number of β-amino-alcohol motifs (C(OH)–C–C–N with tert-alkyl or cyclic N) is 1. The second-order valence-corrected chi connectivity index (χ2v) is 4.75. The molecule has 106 valence electrons. The third-order valence-corrected chi connectivity index (χ3v) is 2.99. The summed E-state index contributed by atoms with van der Waals surface area (Å²) in [6.45, 7) is 1.83. The summed E-state index contributed by atoms with van der Waals surface area (Å²) in [5, 5.41) is 13.1. The van der Waals surface area contributed by atoms with Crippen LogP contribution in [0.2, 0.25) is 0 Å². The zero-order valence-corrected chi connectivity index (χ0v) is 13.2. The molecule has 0 amide bonds. The van der Waals surface area contributed by atoms with E-state index in [9.17, 15) is 5.11 Å². The quantitative estimate of drug-likeness (QED) is 0.406. The highest BCUT2D eigenvalue weighted by atomic mass is 127. The molecule has 2 rings (SSSR count). The van der Waals surface area contributed by atoms with Crippen molar-refractivity contribution in [3.63, 3.8) is 0 Å². The van der Waals surface area contributed by atoms with Gasteiger partial charge in [-0.15, -0.1) is 24.0 Å². The van der Waals surface area contributed by atoms with Crippen molar-refractivity contribution in [3.8, 4) is 0 Å². The Bertz CT molecular complexity index is 427. The Balaban J connectivity index is 0.00000180. The zero-order valence-electron chi connectivity index (χ0n) is 10.9. The van der Waals surface area contributed by atoms with Gasteiger partial charge in [0.05, 0.1) is 12.1 Å². The molecule has 0 spiro atoms. The van der Waals surface area contributed by atoms with E-state index in [4.69, 9.17) is 5.73 Å². The highest BCUT2D eigenvalue weighted by Gasteiger charge is 2.34. The molecule has 6 nitrogen and oxygen atoms in total. The lowest BCUT2D eigenvalue weighted by molar-refractivity contribution is 0.0615. The Morgan fingerprint density at radius 3 is 3.00 bits per heavy atom. The second kappa shape index (κ2) is 7.01. The van der Waals surface area contributed by atoms with Crippen LogP contribution < -0.4 is 11.1 Å². The van der Waals surface area contributed by atoms with Gasteiger partial charge in [-0.3, -0.25) is 4.99 Å². The van der Waals surface area contributed by atoms with Crippen molar-refractivity contribution in [2.24, 2.45) is 10.7 Å². The van der Waals surface area contributed by atoms with Crippen molar-refractivity contribution in [1.82, 2.24) is 9.88 Å². The minimum atomic E-state index is -0.759. The Morgan fingerprint density at radius 2 is 2.42 bits per heavy atom. The minimum Gasteiger partial charge on any atom is -0.387 e. The van der Waals surface area contributed by atoms with Crippen LogP contribution in [0.4, 0.5) is 5.82 Å². The van der Waals surface area contributed by atoms with Crippen LogP contribution in [-0.2, 0) is 0 Å². The largest absolute Gasteiger partial charge is 0.387 e. The first-order valence-electron chi connectivity index (χ1n) is 5.96. The van der Waals surface area contributed by atoms with Gasteiger partial charge >= 0.3 is 0 Å². The van der Waals surface area contributed by atoms with E-state index in [2.05, 4.69) is 20.2 Å². The molecule has 1 aromatic rings. The second-order valence-electron chi connectivity index (χ2n) is 4.75. The molecule has 0 aliphatic carbocycles. The van der Waals surface area contributed by atoms with E-state index in [1.807, 2.05) is 19.2 Å². The summed E-state index contributed by atoms with van der Waals surface area (Å²) < 4.78 is 0. The van der Waals surface area contributed by atoms with Gasteiger partial charge < -0.3 is 21.1 Å². The van der Waals surface area contributed by atoms with Crippen LogP contribution in [0.5, 0.6) is 0 Å². The van der Waals surface area contributed by atoms with E-state index in [1.165, 1.54) is 0 Å². The number of aliphatic hydroxyl groups is 1. The van der Waals surface area contributed by atoms with Gasteiger partial charge in [-0.25, -0.2) is 4.98 Å². The topological polar surface area (TPSA) is 86.8 Å². The molecule has 1 atom stereocenters. The summed E-state index contributed by atoms with van der Waals surface area (Å²) in [6.07, 6.45) is 2.40. The normalized spacial score (nSPS) is 24.0. The lowest BCUT2D eigenvalue weighted by Crippen LogP contribution is -2.37. The fourth-order valence-electron chi connectivity index (χ4n) is 2.03. The predicted octanol–water partition coefficient (Wildman–Crippen LogP) is 0.493. The van der Waals surface area contributed by atoms with Crippen LogP contribution in [-0.4, -0.2) is 53.2 Å². The first-order valence-corrected chi connectivity index (χ1v) is 5.96. The van der Waals surface area contributed by atoms with Crippen molar-refractivity contribution in [1.29, 1.82) is 0 Å². The molecule has 19 heavy (non-hydrogen) atoms. The van der Waals surface area contributed by atoms with Crippen molar-refractivity contribution >= 4 is 35.8 Å². The molecule has 1 aliphatic heterocycles. The molecule has 1 aliphatic rings. The Labute approximate surface area is 130 Å². The van der Waals surface area contributed by atoms with Crippen molar-refractivity contribution in [3.05, 3.63) is 24.4 Å². The van der Waals surface area contributed by atoms with Crippen molar-refractivity contribution < 1.29 is 5.11 Å². The number of rotatable bonds is 3. The summed E-state index contributed by atoms with van der Waals surface area (Å²) in [7, 11) is 1.98.